The minimum Gasteiger partial charge on any atom is -0.312 e. The van der Waals surface area contributed by atoms with Gasteiger partial charge in [0.15, 0.2) is 0 Å². The van der Waals surface area contributed by atoms with Gasteiger partial charge in [-0.25, -0.2) is 4.39 Å². The number of benzene rings is 1. The highest BCUT2D eigenvalue weighted by atomic mass is 19.1. The minimum atomic E-state index is -0.147. The SMILES string of the molecule is Fc1cccc(CNCC2CC2)c1. The molecule has 0 heterocycles. The summed E-state index contributed by atoms with van der Waals surface area (Å²) in [7, 11) is 0. The van der Waals surface area contributed by atoms with Gasteiger partial charge in [0.05, 0.1) is 0 Å². The molecule has 70 valence electrons. The molecule has 1 aromatic rings. The van der Waals surface area contributed by atoms with E-state index in [9.17, 15) is 4.39 Å². The second-order valence-corrected chi connectivity index (χ2v) is 3.70. The van der Waals surface area contributed by atoms with Crippen molar-refractivity contribution in [2.45, 2.75) is 19.4 Å². The molecular formula is C11H14FN. The topological polar surface area (TPSA) is 12.0 Å². The van der Waals surface area contributed by atoms with Crippen molar-refractivity contribution in [2.24, 2.45) is 5.92 Å². The Morgan fingerprint density at radius 2 is 2.23 bits per heavy atom. The minimum absolute atomic E-state index is 0.147. The maximum atomic E-state index is 12.7. The van der Waals surface area contributed by atoms with E-state index in [0.29, 0.717) is 0 Å². The molecular weight excluding hydrogens is 165 g/mol. The van der Waals surface area contributed by atoms with Crippen LogP contribution in [0.5, 0.6) is 0 Å². The second-order valence-electron chi connectivity index (χ2n) is 3.70. The van der Waals surface area contributed by atoms with Gasteiger partial charge in [0.1, 0.15) is 5.82 Å². The van der Waals surface area contributed by atoms with Crippen LogP contribution >= 0.6 is 0 Å². The summed E-state index contributed by atoms with van der Waals surface area (Å²) in [6, 6.07) is 6.76. The predicted octanol–water partition coefficient (Wildman–Crippen LogP) is 2.33. The molecule has 2 rings (SSSR count). The summed E-state index contributed by atoms with van der Waals surface area (Å²) in [5.41, 5.74) is 1.03. The van der Waals surface area contributed by atoms with Gasteiger partial charge in [0, 0.05) is 6.54 Å². The third-order valence-electron chi connectivity index (χ3n) is 2.35. The van der Waals surface area contributed by atoms with Crippen molar-refractivity contribution in [1.82, 2.24) is 5.32 Å². The summed E-state index contributed by atoms with van der Waals surface area (Å²) in [5, 5.41) is 3.32. The molecule has 1 fully saturated rings. The average molecular weight is 179 g/mol. The quantitative estimate of drug-likeness (QED) is 0.748. The van der Waals surface area contributed by atoms with E-state index < -0.39 is 0 Å². The largest absolute Gasteiger partial charge is 0.312 e. The molecule has 1 nitrogen and oxygen atoms in total. The van der Waals surface area contributed by atoms with Crippen LogP contribution in [0.2, 0.25) is 0 Å². The van der Waals surface area contributed by atoms with Crippen molar-refractivity contribution < 1.29 is 4.39 Å². The van der Waals surface area contributed by atoms with Gasteiger partial charge < -0.3 is 5.32 Å². The predicted molar refractivity (Wildman–Crippen MR) is 50.8 cm³/mol. The van der Waals surface area contributed by atoms with Crippen LogP contribution in [0.1, 0.15) is 18.4 Å². The number of rotatable bonds is 4. The average Bonchev–Trinajstić information content (AvgIpc) is 2.88. The molecule has 0 radical (unpaired) electrons. The molecule has 0 saturated heterocycles. The van der Waals surface area contributed by atoms with E-state index in [4.69, 9.17) is 0 Å². The van der Waals surface area contributed by atoms with Crippen LogP contribution in [-0.4, -0.2) is 6.54 Å². The van der Waals surface area contributed by atoms with Crippen molar-refractivity contribution >= 4 is 0 Å². The summed E-state index contributed by atoms with van der Waals surface area (Å²) >= 11 is 0. The Balaban J connectivity index is 1.79. The highest BCUT2D eigenvalue weighted by molar-refractivity contribution is 5.15. The van der Waals surface area contributed by atoms with Crippen molar-refractivity contribution in [3.05, 3.63) is 35.6 Å². The Bertz CT molecular complexity index is 281. The number of halogens is 1. The molecule has 0 unspecified atom stereocenters. The molecule has 0 aromatic heterocycles. The van der Waals surface area contributed by atoms with Gasteiger partial charge >= 0.3 is 0 Å². The van der Waals surface area contributed by atoms with Crippen LogP contribution in [0.3, 0.4) is 0 Å². The Morgan fingerprint density at radius 3 is 2.92 bits per heavy atom. The van der Waals surface area contributed by atoms with Gasteiger partial charge in [-0.15, -0.1) is 0 Å². The highest BCUT2D eigenvalue weighted by Crippen LogP contribution is 2.27. The van der Waals surface area contributed by atoms with Crippen molar-refractivity contribution in [3.63, 3.8) is 0 Å². The summed E-state index contributed by atoms with van der Waals surface area (Å²) in [5.74, 6) is 0.735. The van der Waals surface area contributed by atoms with E-state index in [2.05, 4.69) is 5.32 Å². The zero-order valence-corrected chi connectivity index (χ0v) is 7.59. The van der Waals surface area contributed by atoms with Gasteiger partial charge in [-0.05, 0) is 43.0 Å². The highest BCUT2D eigenvalue weighted by Gasteiger charge is 2.19. The first-order chi connectivity index (χ1) is 6.34. The Hall–Kier alpha value is -0.890. The molecule has 0 bridgehead atoms. The van der Waals surface area contributed by atoms with Crippen LogP contribution in [0.15, 0.2) is 24.3 Å². The number of hydrogen-bond donors (Lipinski definition) is 1. The first-order valence-corrected chi connectivity index (χ1v) is 4.80. The molecule has 1 saturated carbocycles. The molecule has 13 heavy (non-hydrogen) atoms. The maximum Gasteiger partial charge on any atom is 0.123 e. The molecule has 1 aliphatic carbocycles. The van der Waals surface area contributed by atoms with Crippen LogP contribution in [0.25, 0.3) is 0 Å². The molecule has 2 heteroatoms. The summed E-state index contributed by atoms with van der Waals surface area (Å²) < 4.78 is 12.7. The molecule has 0 spiro atoms. The third-order valence-corrected chi connectivity index (χ3v) is 2.35. The van der Waals surface area contributed by atoms with Crippen molar-refractivity contribution in [1.29, 1.82) is 0 Å². The van der Waals surface area contributed by atoms with Crippen LogP contribution in [0.4, 0.5) is 4.39 Å². The fourth-order valence-corrected chi connectivity index (χ4v) is 1.39. The smallest absolute Gasteiger partial charge is 0.123 e. The van der Waals surface area contributed by atoms with E-state index in [-0.39, 0.29) is 5.82 Å². The fourth-order valence-electron chi connectivity index (χ4n) is 1.39. The van der Waals surface area contributed by atoms with Crippen LogP contribution in [-0.2, 0) is 6.54 Å². The van der Waals surface area contributed by atoms with Crippen molar-refractivity contribution in [3.8, 4) is 0 Å². The Labute approximate surface area is 78.0 Å². The Kier molecular flexibility index (Phi) is 2.60. The standard InChI is InChI=1S/C11H14FN/c12-11-3-1-2-10(6-11)8-13-7-9-4-5-9/h1-3,6,9,13H,4-5,7-8H2. The summed E-state index contributed by atoms with van der Waals surface area (Å²) in [6.45, 7) is 1.87. The lowest BCUT2D eigenvalue weighted by atomic mass is 10.2. The summed E-state index contributed by atoms with van der Waals surface area (Å²) in [6.07, 6.45) is 2.71. The van der Waals surface area contributed by atoms with Crippen molar-refractivity contribution in [2.75, 3.05) is 6.54 Å². The van der Waals surface area contributed by atoms with Gasteiger partial charge in [0.25, 0.3) is 0 Å². The normalized spacial score (nSPS) is 16.1. The first-order valence-electron chi connectivity index (χ1n) is 4.80. The molecule has 0 aliphatic heterocycles. The van der Waals surface area contributed by atoms with Gasteiger partial charge in [-0.3, -0.25) is 0 Å². The van der Waals surface area contributed by atoms with E-state index in [0.717, 1.165) is 24.6 Å². The van der Waals surface area contributed by atoms with Crippen LogP contribution in [0, 0.1) is 11.7 Å². The fraction of sp³-hybridized carbons (Fsp3) is 0.455. The van der Waals surface area contributed by atoms with Gasteiger partial charge in [-0.1, -0.05) is 12.1 Å². The number of nitrogens with one attached hydrogen (secondary N) is 1. The summed E-state index contributed by atoms with van der Waals surface area (Å²) in [4.78, 5) is 0. The lowest BCUT2D eigenvalue weighted by Gasteiger charge is -2.03. The molecule has 0 amide bonds. The van der Waals surface area contributed by atoms with E-state index >= 15 is 0 Å². The zero-order chi connectivity index (χ0) is 9.10. The molecule has 1 aliphatic rings. The van der Waals surface area contributed by atoms with E-state index in [1.165, 1.54) is 18.9 Å². The van der Waals surface area contributed by atoms with Gasteiger partial charge in [0.2, 0.25) is 0 Å². The van der Waals surface area contributed by atoms with E-state index in [1.54, 1.807) is 12.1 Å². The lowest BCUT2D eigenvalue weighted by Crippen LogP contribution is -2.16. The van der Waals surface area contributed by atoms with E-state index in [1.807, 2.05) is 6.07 Å². The second kappa shape index (κ2) is 3.88. The molecule has 0 atom stereocenters. The van der Waals surface area contributed by atoms with Crippen LogP contribution < -0.4 is 5.32 Å². The lowest BCUT2D eigenvalue weighted by molar-refractivity contribution is 0.613. The van der Waals surface area contributed by atoms with Gasteiger partial charge in [-0.2, -0.15) is 0 Å². The third kappa shape index (κ3) is 2.81. The Morgan fingerprint density at radius 1 is 1.38 bits per heavy atom. The number of hydrogen-bond acceptors (Lipinski definition) is 1. The zero-order valence-electron chi connectivity index (χ0n) is 7.59. The molecule has 1 N–H and O–H groups in total. The molecule has 1 aromatic carbocycles. The maximum absolute atomic E-state index is 12.7. The first kappa shape index (κ1) is 8.70. The monoisotopic (exact) mass is 179 g/mol.